The zero-order valence-electron chi connectivity index (χ0n) is 22.3. The molecule has 0 saturated heterocycles. The minimum absolute atomic E-state index is 0.0442. The summed E-state index contributed by atoms with van der Waals surface area (Å²) in [5, 5.41) is 12.1. The maximum absolute atomic E-state index is 13.7. The number of hydrogen-bond acceptors (Lipinski definition) is 10. The van der Waals surface area contributed by atoms with E-state index in [0.29, 0.717) is 23.0 Å². The standard InChI is InChI=1S/C25H30N8O5S/c1-15-12-26-23(27-13-15)22(38-5)16(2)39(34,35)31-25-30-29-24(17-14-28-32-11-7-8-18(17)32)33(25)21-19(36-3)9-6-10-20(21)37-4/h6,9-10,12-14,16,22H,7-8,11H2,1-5H3,(H,30,31). The van der Waals surface area contributed by atoms with Gasteiger partial charge in [0, 0.05) is 31.7 Å². The Morgan fingerprint density at radius 3 is 2.36 bits per heavy atom. The number of benzene rings is 1. The van der Waals surface area contributed by atoms with Crippen molar-refractivity contribution in [3.05, 3.63) is 53.9 Å². The van der Waals surface area contributed by atoms with Gasteiger partial charge < -0.3 is 14.2 Å². The van der Waals surface area contributed by atoms with Crippen LogP contribution in [0, 0.1) is 6.92 Å². The highest BCUT2D eigenvalue weighted by Gasteiger charge is 2.35. The van der Waals surface area contributed by atoms with Gasteiger partial charge in [-0.15, -0.1) is 10.2 Å². The lowest BCUT2D eigenvalue weighted by molar-refractivity contribution is 0.0949. The summed E-state index contributed by atoms with van der Waals surface area (Å²) in [5.74, 6) is 1.49. The summed E-state index contributed by atoms with van der Waals surface area (Å²) in [6.07, 6.45) is 5.78. The van der Waals surface area contributed by atoms with E-state index in [4.69, 9.17) is 14.2 Å². The van der Waals surface area contributed by atoms with Gasteiger partial charge in [0.1, 0.15) is 28.5 Å². The summed E-state index contributed by atoms with van der Waals surface area (Å²) in [6, 6.07) is 5.28. The highest BCUT2D eigenvalue weighted by molar-refractivity contribution is 7.93. The van der Waals surface area contributed by atoms with Crippen molar-refractivity contribution in [1.29, 1.82) is 0 Å². The lowest BCUT2D eigenvalue weighted by Gasteiger charge is -2.23. The number of nitrogens with zero attached hydrogens (tertiary/aromatic N) is 7. The molecule has 1 aliphatic rings. The fourth-order valence-electron chi connectivity index (χ4n) is 4.68. The van der Waals surface area contributed by atoms with Crippen molar-refractivity contribution in [2.24, 2.45) is 0 Å². The van der Waals surface area contributed by atoms with Crippen LogP contribution in [-0.2, 0) is 27.7 Å². The molecule has 1 aromatic carbocycles. The van der Waals surface area contributed by atoms with Gasteiger partial charge in [0.2, 0.25) is 16.0 Å². The zero-order valence-corrected chi connectivity index (χ0v) is 23.1. The molecule has 2 unspecified atom stereocenters. The van der Waals surface area contributed by atoms with Crippen molar-refractivity contribution in [2.75, 3.05) is 26.1 Å². The molecule has 39 heavy (non-hydrogen) atoms. The summed E-state index contributed by atoms with van der Waals surface area (Å²) >= 11 is 0. The number of ether oxygens (including phenoxy) is 3. The van der Waals surface area contributed by atoms with E-state index in [1.54, 1.807) is 41.4 Å². The van der Waals surface area contributed by atoms with E-state index in [-0.39, 0.29) is 11.8 Å². The number of aromatic nitrogens is 7. The molecule has 14 heteroatoms. The second kappa shape index (κ2) is 10.6. The Labute approximate surface area is 226 Å². The molecule has 5 rings (SSSR count). The molecule has 0 fully saturated rings. The largest absolute Gasteiger partial charge is 0.494 e. The van der Waals surface area contributed by atoms with Crippen LogP contribution >= 0.6 is 0 Å². The van der Waals surface area contributed by atoms with Gasteiger partial charge in [0.25, 0.3) is 0 Å². The normalized spacial score (nSPS) is 14.6. The summed E-state index contributed by atoms with van der Waals surface area (Å²) in [5.41, 5.74) is 3.03. The van der Waals surface area contributed by atoms with Crippen molar-refractivity contribution >= 4 is 16.0 Å². The molecule has 0 aliphatic carbocycles. The van der Waals surface area contributed by atoms with E-state index in [1.807, 2.05) is 11.6 Å². The maximum Gasteiger partial charge on any atom is 0.243 e. The first-order valence-corrected chi connectivity index (χ1v) is 13.9. The lowest BCUT2D eigenvalue weighted by atomic mass is 10.1. The van der Waals surface area contributed by atoms with Gasteiger partial charge in [-0.2, -0.15) is 5.10 Å². The molecule has 0 spiro atoms. The van der Waals surface area contributed by atoms with Crippen LogP contribution in [0.4, 0.5) is 5.95 Å². The Morgan fingerprint density at radius 2 is 1.72 bits per heavy atom. The van der Waals surface area contributed by atoms with E-state index in [0.717, 1.165) is 36.2 Å². The average Bonchev–Trinajstić information content (AvgIpc) is 3.66. The third-order valence-corrected chi connectivity index (χ3v) is 8.41. The van der Waals surface area contributed by atoms with Crippen LogP contribution in [0.1, 0.15) is 36.5 Å². The van der Waals surface area contributed by atoms with Gasteiger partial charge in [0.05, 0.1) is 26.0 Å². The topological polar surface area (TPSA) is 148 Å². The van der Waals surface area contributed by atoms with Gasteiger partial charge in [-0.1, -0.05) is 6.07 Å². The minimum atomic E-state index is -4.10. The zero-order chi connectivity index (χ0) is 27.7. The first-order chi connectivity index (χ1) is 18.8. The summed E-state index contributed by atoms with van der Waals surface area (Å²) in [6.45, 7) is 4.17. The molecular weight excluding hydrogens is 524 g/mol. The number of methoxy groups -OCH3 is 3. The number of hydrogen-bond donors (Lipinski definition) is 1. The van der Waals surface area contributed by atoms with Crippen LogP contribution < -0.4 is 14.2 Å². The first kappa shape index (κ1) is 26.6. The van der Waals surface area contributed by atoms with Crippen molar-refractivity contribution in [1.82, 2.24) is 34.5 Å². The van der Waals surface area contributed by atoms with E-state index in [1.165, 1.54) is 28.3 Å². The monoisotopic (exact) mass is 554 g/mol. The molecule has 1 N–H and O–H groups in total. The van der Waals surface area contributed by atoms with Crippen LogP contribution in [0.15, 0.2) is 36.8 Å². The molecular formula is C25H30N8O5S. The molecule has 4 heterocycles. The summed E-state index contributed by atoms with van der Waals surface area (Å²) in [7, 11) is 0.366. The molecule has 0 bridgehead atoms. The molecule has 3 aromatic heterocycles. The van der Waals surface area contributed by atoms with E-state index in [9.17, 15) is 8.42 Å². The number of rotatable bonds is 10. The van der Waals surface area contributed by atoms with Gasteiger partial charge in [-0.25, -0.2) is 18.4 Å². The van der Waals surface area contributed by atoms with Crippen LogP contribution in [-0.4, -0.2) is 69.5 Å². The van der Waals surface area contributed by atoms with Crippen molar-refractivity contribution in [2.45, 2.75) is 44.6 Å². The molecule has 0 saturated carbocycles. The second-order valence-corrected chi connectivity index (χ2v) is 11.2. The molecule has 1 aliphatic heterocycles. The van der Waals surface area contributed by atoms with Crippen molar-refractivity contribution in [3.8, 4) is 28.6 Å². The fraction of sp³-hybridized carbons (Fsp3) is 0.400. The third-order valence-electron chi connectivity index (χ3n) is 6.72. The van der Waals surface area contributed by atoms with E-state index >= 15 is 0 Å². The summed E-state index contributed by atoms with van der Waals surface area (Å²) in [4.78, 5) is 8.54. The van der Waals surface area contributed by atoms with E-state index in [2.05, 4.69) is 30.0 Å². The highest BCUT2D eigenvalue weighted by Crippen LogP contribution is 2.39. The Kier molecular flexibility index (Phi) is 7.23. The van der Waals surface area contributed by atoms with Crippen molar-refractivity contribution in [3.63, 3.8) is 0 Å². The summed E-state index contributed by atoms with van der Waals surface area (Å²) < 4.78 is 50.4. The predicted octanol–water partition coefficient (Wildman–Crippen LogP) is 2.71. The highest BCUT2D eigenvalue weighted by atomic mass is 32.2. The molecule has 2 atom stereocenters. The van der Waals surface area contributed by atoms with Crippen molar-refractivity contribution < 1.29 is 22.6 Å². The number of sulfonamides is 1. The maximum atomic E-state index is 13.7. The van der Waals surface area contributed by atoms with Gasteiger partial charge in [-0.3, -0.25) is 14.0 Å². The first-order valence-electron chi connectivity index (χ1n) is 12.3. The number of para-hydroxylation sites is 1. The molecule has 4 aromatic rings. The van der Waals surface area contributed by atoms with Crippen LogP contribution in [0.2, 0.25) is 0 Å². The number of anilines is 1. The van der Waals surface area contributed by atoms with Crippen LogP contribution in [0.25, 0.3) is 17.1 Å². The van der Waals surface area contributed by atoms with Gasteiger partial charge >= 0.3 is 0 Å². The molecule has 0 amide bonds. The number of aryl methyl sites for hydroxylation is 2. The van der Waals surface area contributed by atoms with Gasteiger partial charge in [-0.05, 0) is 44.4 Å². The Bertz CT molecular complexity index is 1560. The molecule has 13 nitrogen and oxygen atoms in total. The smallest absolute Gasteiger partial charge is 0.243 e. The second-order valence-electron chi connectivity index (χ2n) is 9.15. The average molecular weight is 555 g/mol. The minimum Gasteiger partial charge on any atom is -0.494 e. The fourth-order valence-corrected chi connectivity index (χ4v) is 5.81. The predicted molar refractivity (Wildman–Crippen MR) is 143 cm³/mol. The van der Waals surface area contributed by atoms with E-state index < -0.39 is 21.4 Å². The third kappa shape index (κ3) is 4.81. The Morgan fingerprint density at radius 1 is 1.03 bits per heavy atom. The molecule has 0 radical (unpaired) electrons. The number of nitrogens with one attached hydrogen (secondary N) is 1. The Balaban J connectivity index is 1.62. The van der Waals surface area contributed by atoms with Crippen LogP contribution in [0.5, 0.6) is 11.5 Å². The quantitative estimate of drug-likeness (QED) is 0.310. The Hall–Kier alpha value is -4.04. The SMILES string of the molecule is COc1cccc(OC)c1-n1c(NS(=O)(=O)C(C)C(OC)c2ncc(C)cn2)nnc1-c1cnn2c1CCC2. The number of fused-ring (bicyclic) bond motifs is 1. The van der Waals surface area contributed by atoms with Crippen LogP contribution in [0.3, 0.4) is 0 Å². The van der Waals surface area contributed by atoms with Gasteiger partial charge in [0.15, 0.2) is 11.6 Å². The lowest BCUT2D eigenvalue weighted by Crippen LogP contribution is -2.33. The molecule has 206 valence electrons.